The molecule has 36 heavy (non-hydrogen) atoms. The molecule has 3 heterocycles. The van der Waals surface area contributed by atoms with Crippen molar-refractivity contribution >= 4 is 17.4 Å². The van der Waals surface area contributed by atoms with Crippen molar-refractivity contribution < 1.29 is 27.5 Å². The lowest BCUT2D eigenvalue weighted by molar-refractivity contribution is -0.115. The maximum absolute atomic E-state index is 12.9. The lowest BCUT2D eigenvalue weighted by Gasteiger charge is -2.26. The van der Waals surface area contributed by atoms with Crippen molar-refractivity contribution in [2.75, 3.05) is 17.2 Å². The third-order valence-electron chi connectivity index (χ3n) is 6.13. The van der Waals surface area contributed by atoms with Crippen LogP contribution in [0.15, 0.2) is 35.2 Å². The summed E-state index contributed by atoms with van der Waals surface area (Å²) in [5.41, 5.74) is -0.259. The molecule has 1 saturated carbocycles. The summed E-state index contributed by atoms with van der Waals surface area (Å²) < 4.78 is 44.6. The highest BCUT2D eigenvalue weighted by Gasteiger charge is 2.30. The molecule has 9 nitrogen and oxygen atoms in total. The SMILES string of the molecule is CC(C)(O)c1nn([C@H]2CC[C@@H](C)CC2)cc1NC(=O)c1coc(-c2ccnc(NCC(F)(F)F)c2)n1. The molecule has 4 rings (SSSR count). The number of rotatable bonds is 7. The Balaban J connectivity index is 1.50. The van der Waals surface area contributed by atoms with Crippen LogP contribution in [-0.2, 0) is 5.60 Å². The number of pyridine rings is 1. The summed E-state index contributed by atoms with van der Waals surface area (Å²) in [6, 6.07) is 3.05. The minimum atomic E-state index is -4.39. The number of amides is 1. The number of carbonyl (C=O) groups is 1. The lowest BCUT2D eigenvalue weighted by Crippen LogP contribution is -2.22. The Kier molecular flexibility index (Phi) is 7.07. The fraction of sp³-hybridized carbons (Fsp3) is 0.500. The fourth-order valence-electron chi connectivity index (χ4n) is 4.18. The molecule has 0 unspecified atom stereocenters. The second-order valence-corrected chi connectivity index (χ2v) is 9.73. The average Bonchev–Trinajstić information content (AvgIpc) is 3.46. The summed E-state index contributed by atoms with van der Waals surface area (Å²) in [4.78, 5) is 21.0. The van der Waals surface area contributed by atoms with Crippen molar-refractivity contribution in [3.8, 4) is 11.5 Å². The van der Waals surface area contributed by atoms with Gasteiger partial charge in [-0.05, 0) is 57.6 Å². The third kappa shape index (κ3) is 6.23. The van der Waals surface area contributed by atoms with E-state index in [9.17, 15) is 23.1 Å². The van der Waals surface area contributed by atoms with Gasteiger partial charge in [0.15, 0.2) is 5.69 Å². The zero-order valence-electron chi connectivity index (χ0n) is 20.3. The van der Waals surface area contributed by atoms with E-state index in [0.717, 1.165) is 31.9 Å². The highest BCUT2D eigenvalue weighted by atomic mass is 19.4. The van der Waals surface area contributed by atoms with Crippen molar-refractivity contribution in [3.63, 3.8) is 0 Å². The molecule has 0 bridgehead atoms. The van der Waals surface area contributed by atoms with E-state index >= 15 is 0 Å². The molecule has 1 aliphatic carbocycles. The van der Waals surface area contributed by atoms with Crippen molar-refractivity contribution in [2.45, 2.75) is 64.3 Å². The summed E-state index contributed by atoms with van der Waals surface area (Å²) in [5, 5.41) is 20.2. The quantitative estimate of drug-likeness (QED) is 0.406. The van der Waals surface area contributed by atoms with Gasteiger partial charge in [0.2, 0.25) is 5.89 Å². The molecule has 0 saturated heterocycles. The number of hydrogen-bond donors (Lipinski definition) is 3. The Bertz CT molecular complexity index is 1210. The molecule has 0 spiro atoms. The molecule has 3 N–H and O–H groups in total. The van der Waals surface area contributed by atoms with Gasteiger partial charge in [0.25, 0.3) is 5.91 Å². The standard InChI is InChI=1S/C24H29F3N6O3/c1-14-4-6-16(7-5-14)33-11-17(20(32-33)23(2,3)35)30-21(34)18-12-36-22(31-18)15-8-9-28-19(10-15)29-13-24(25,26)27/h8-12,14,16,35H,4-7,13H2,1-3H3,(H,28,29)(H,30,34)/t14-,16+. The number of oxazole rings is 1. The first-order valence-electron chi connectivity index (χ1n) is 11.7. The van der Waals surface area contributed by atoms with Crippen LogP contribution in [0.5, 0.6) is 0 Å². The topological polar surface area (TPSA) is 118 Å². The maximum Gasteiger partial charge on any atom is 0.405 e. The van der Waals surface area contributed by atoms with E-state index in [1.54, 1.807) is 20.0 Å². The van der Waals surface area contributed by atoms with Gasteiger partial charge in [-0.25, -0.2) is 9.97 Å². The van der Waals surface area contributed by atoms with E-state index in [1.807, 2.05) is 4.68 Å². The van der Waals surface area contributed by atoms with Crippen molar-refractivity contribution in [1.29, 1.82) is 0 Å². The molecule has 12 heteroatoms. The van der Waals surface area contributed by atoms with E-state index < -0.39 is 24.2 Å². The number of nitrogens with one attached hydrogen (secondary N) is 2. The zero-order valence-corrected chi connectivity index (χ0v) is 20.3. The van der Waals surface area contributed by atoms with Gasteiger partial charge in [0.1, 0.15) is 29.9 Å². The van der Waals surface area contributed by atoms with Gasteiger partial charge < -0.3 is 20.2 Å². The van der Waals surface area contributed by atoms with Crippen LogP contribution in [0.3, 0.4) is 0 Å². The molecule has 1 fully saturated rings. The molecule has 0 aliphatic heterocycles. The number of nitrogens with zero attached hydrogens (tertiary/aromatic N) is 4. The summed E-state index contributed by atoms with van der Waals surface area (Å²) in [6.07, 6.45) is 3.94. The van der Waals surface area contributed by atoms with Gasteiger partial charge in [0.05, 0.1) is 11.7 Å². The third-order valence-corrected chi connectivity index (χ3v) is 6.13. The number of hydrogen-bond acceptors (Lipinski definition) is 7. The number of anilines is 2. The molecule has 1 aliphatic rings. The first-order valence-corrected chi connectivity index (χ1v) is 11.7. The Morgan fingerprint density at radius 1 is 1.25 bits per heavy atom. The van der Waals surface area contributed by atoms with Crippen LogP contribution in [0.2, 0.25) is 0 Å². The molecule has 0 atom stereocenters. The van der Waals surface area contributed by atoms with Crippen LogP contribution < -0.4 is 10.6 Å². The van der Waals surface area contributed by atoms with Gasteiger partial charge in [-0.15, -0.1) is 0 Å². The second kappa shape index (κ2) is 9.92. The Morgan fingerprint density at radius 3 is 2.64 bits per heavy atom. The van der Waals surface area contributed by atoms with E-state index in [1.165, 1.54) is 18.3 Å². The molecule has 3 aromatic rings. The van der Waals surface area contributed by atoms with E-state index in [0.29, 0.717) is 22.9 Å². The van der Waals surface area contributed by atoms with Gasteiger partial charge >= 0.3 is 6.18 Å². The van der Waals surface area contributed by atoms with E-state index in [-0.39, 0.29) is 23.4 Å². The minimum absolute atomic E-state index is 0.00614. The molecular formula is C24H29F3N6O3. The Morgan fingerprint density at radius 2 is 1.97 bits per heavy atom. The normalized spacial score (nSPS) is 18.8. The Hall–Kier alpha value is -3.41. The highest BCUT2D eigenvalue weighted by molar-refractivity contribution is 6.03. The summed E-state index contributed by atoms with van der Waals surface area (Å²) in [7, 11) is 0. The number of alkyl halides is 3. The van der Waals surface area contributed by atoms with E-state index in [4.69, 9.17) is 4.42 Å². The summed E-state index contributed by atoms with van der Waals surface area (Å²) in [6.45, 7) is 4.19. The van der Waals surface area contributed by atoms with Crippen molar-refractivity contribution in [3.05, 3.63) is 42.2 Å². The predicted octanol–water partition coefficient (Wildman–Crippen LogP) is 5.14. The summed E-state index contributed by atoms with van der Waals surface area (Å²) in [5.74, 6) is 0.139. The number of halogens is 3. The first-order chi connectivity index (χ1) is 16.9. The molecule has 1 amide bonds. The largest absolute Gasteiger partial charge is 0.444 e. The zero-order chi connectivity index (χ0) is 26.1. The summed E-state index contributed by atoms with van der Waals surface area (Å²) >= 11 is 0. The number of carbonyl (C=O) groups excluding carboxylic acids is 1. The predicted molar refractivity (Wildman–Crippen MR) is 126 cm³/mol. The molecule has 3 aromatic heterocycles. The number of aromatic nitrogens is 4. The van der Waals surface area contributed by atoms with Gasteiger partial charge in [-0.2, -0.15) is 18.3 Å². The maximum atomic E-state index is 12.9. The monoisotopic (exact) mass is 506 g/mol. The van der Waals surface area contributed by atoms with Crippen LogP contribution >= 0.6 is 0 Å². The van der Waals surface area contributed by atoms with Gasteiger partial charge in [0, 0.05) is 18.0 Å². The average molecular weight is 507 g/mol. The van der Waals surface area contributed by atoms with Crippen molar-refractivity contribution in [2.24, 2.45) is 5.92 Å². The Labute approximate surface area is 206 Å². The molecule has 0 aromatic carbocycles. The van der Waals surface area contributed by atoms with Crippen LogP contribution in [0.4, 0.5) is 24.7 Å². The minimum Gasteiger partial charge on any atom is -0.444 e. The van der Waals surface area contributed by atoms with Crippen LogP contribution in [0, 0.1) is 5.92 Å². The van der Waals surface area contributed by atoms with Crippen LogP contribution in [-0.4, -0.2) is 43.5 Å². The smallest absolute Gasteiger partial charge is 0.405 e. The second-order valence-electron chi connectivity index (χ2n) is 9.73. The van der Waals surface area contributed by atoms with Crippen LogP contribution in [0.25, 0.3) is 11.5 Å². The fourth-order valence-corrected chi connectivity index (χ4v) is 4.18. The molecule has 194 valence electrons. The highest BCUT2D eigenvalue weighted by Crippen LogP contribution is 2.35. The van der Waals surface area contributed by atoms with E-state index in [2.05, 4.69) is 32.6 Å². The lowest BCUT2D eigenvalue weighted by atomic mass is 9.87. The first kappa shape index (κ1) is 25.7. The van der Waals surface area contributed by atoms with Gasteiger partial charge in [-0.1, -0.05) is 6.92 Å². The van der Waals surface area contributed by atoms with Crippen LogP contribution in [0.1, 0.15) is 68.7 Å². The number of aliphatic hydroxyl groups is 1. The van der Waals surface area contributed by atoms with Crippen molar-refractivity contribution in [1.82, 2.24) is 19.7 Å². The van der Waals surface area contributed by atoms with Gasteiger partial charge in [-0.3, -0.25) is 9.48 Å². The molecule has 0 radical (unpaired) electrons. The molecular weight excluding hydrogens is 477 g/mol.